The average Bonchev–Trinajstić information content (AvgIpc) is 2.69. The molecule has 0 bridgehead atoms. The van der Waals surface area contributed by atoms with Gasteiger partial charge in [0.2, 0.25) is 10.0 Å². The lowest BCUT2D eigenvalue weighted by Crippen LogP contribution is -2.42. The van der Waals surface area contributed by atoms with Crippen molar-refractivity contribution in [3.63, 3.8) is 0 Å². The standard InChI is InChI=1S/C10H14N4O4S/c1-19(17,18)13-8-5-14(6-9(8)15)10(16)7-4-11-2-3-12-7/h2-4,8-9,13,15H,5-6H2,1H3/t8-,9-/m1/s1. The van der Waals surface area contributed by atoms with Crippen LogP contribution in [0.2, 0.25) is 0 Å². The minimum absolute atomic E-state index is 0.0581. The number of nitrogens with one attached hydrogen (secondary N) is 1. The van der Waals surface area contributed by atoms with E-state index in [1.807, 2.05) is 0 Å². The molecule has 1 aliphatic heterocycles. The highest BCUT2D eigenvalue weighted by molar-refractivity contribution is 7.88. The Kier molecular flexibility index (Phi) is 3.78. The van der Waals surface area contributed by atoms with Gasteiger partial charge in [-0.1, -0.05) is 0 Å². The van der Waals surface area contributed by atoms with Crippen molar-refractivity contribution in [1.82, 2.24) is 19.6 Å². The fourth-order valence-corrected chi connectivity index (χ4v) is 2.70. The fraction of sp³-hybridized carbons (Fsp3) is 0.500. The molecule has 2 rings (SSSR count). The molecule has 1 fully saturated rings. The smallest absolute Gasteiger partial charge is 0.274 e. The molecule has 0 saturated carbocycles. The quantitative estimate of drug-likeness (QED) is 0.678. The molecule has 0 spiro atoms. The first kappa shape index (κ1) is 13.8. The van der Waals surface area contributed by atoms with Crippen LogP contribution in [0.15, 0.2) is 18.6 Å². The summed E-state index contributed by atoms with van der Waals surface area (Å²) in [7, 11) is -3.43. The number of aliphatic hydroxyl groups is 1. The number of β-amino-alcohol motifs (C(OH)–C–C–N with tert-alkyl or cyclic N) is 1. The first-order valence-corrected chi connectivity index (χ1v) is 7.46. The summed E-state index contributed by atoms with van der Waals surface area (Å²) >= 11 is 0. The highest BCUT2D eigenvalue weighted by atomic mass is 32.2. The van der Waals surface area contributed by atoms with Gasteiger partial charge in [0, 0.05) is 25.5 Å². The molecule has 104 valence electrons. The number of likely N-dealkylation sites (tertiary alicyclic amines) is 1. The molecule has 8 nitrogen and oxygen atoms in total. The molecule has 2 heterocycles. The molecule has 19 heavy (non-hydrogen) atoms. The van der Waals surface area contributed by atoms with Crippen molar-refractivity contribution in [3.05, 3.63) is 24.3 Å². The minimum Gasteiger partial charge on any atom is -0.390 e. The van der Waals surface area contributed by atoms with E-state index in [2.05, 4.69) is 14.7 Å². The van der Waals surface area contributed by atoms with E-state index in [-0.39, 0.29) is 24.7 Å². The number of nitrogens with zero attached hydrogens (tertiary/aromatic N) is 3. The van der Waals surface area contributed by atoms with Crippen molar-refractivity contribution in [2.45, 2.75) is 12.1 Å². The Morgan fingerprint density at radius 1 is 1.47 bits per heavy atom. The van der Waals surface area contributed by atoms with E-state index < -0.39 is 22.2 Å². The van der Waals surface area contributed by atoms with Gasteiger partial charge in [-0.3, -0.25) is 9.78 Å². The molecular weight excluding hydrogens is 272 g/mol. The number of rotatable bonds is 3. The van der Waals surface area contributed by atoms with Crippen molar-refractivity contribution in [1.29, 1.82) is 0 Å². The molecule has 1 saturated heterocycles. The maximum atomic E-state index is 12.0. The van der Waals surface area contributed by atoms with E-state index in [9.17, 15) is 18.3 Å². The molecule has 1 aromatic heterocycles. The molecule has 0 unspecified atom stereocenters. The highest BCUT2D eigenvalue weighted by Gasteiger charge is 2.36. The lowest BCUT2D eigenvalue weighted by molar-refractivity contribution is 0.0758. The summed E-state index contributed by atoms with van der Waals surface area (Å²) in [5.41, 5.74) is 0.162. The van der Waals surface area contributed by atoms with Crippen LogP contribution in [0.5, 0.6) is 0 Å². The average molecular weight is 286 g/mol. The van der Waals surface area contributed by atoms with Crippen LogP contribution in [0.4, 0.5) is 0 Å². The van der Waals surface area contributed by atoms with Gasteiger partial charge in [0.05, 0.1) is 24.6 Å². The molecule has 0 aliphatic carbocycles. The van der Waals surface area contributed by atoms with Crippen molar-refractivity contribution in [3.8, 4) is 0 Å². The van der Waals surface area contributed by atoms with Gasteiger partial charge in [0.25, 0.3) is 5.91 Å². The van der Waals surface area contributed by atoms with Crippen LogP contribution in [0.25, 0.3) is 0 Å². The largest absolute Gasteiger partial charge is 0.390 e. The predicted octanol–water partition coefficient (Wildman–Crippen LogP) is -1.79. The van der Waals surface area contributed by atoms with Crippen LogP contribution in [0, 0.1) is 0 Å². The number of carbonyl (C=O) groups is 1. The summed E-state index contributed by atoms with van der Waals surface area (Å²) in [6.07, 6.45) is 4.24. The summed E-state index contributed by atoms with van der Waals surface area (Å²) in [6, 6.07) is -0.698. The van der Waals surface area contributed by atoms with E-state index in [0.717, 1.165) is 6.26 Å². The van der Waals surface area contributed by atoms with Crippen LogP contribution in [0.3, 0.4) is 0 Å². The first-order valence-electron chi connectivity index (χ1n) is 5.57. The summed E-state index contributed by atoms with van der Waals surface area (Å²) in [6.45, 7) is 0.159. The maximum absolute atomic E-state index is 12.0. The van der Waals surface area contributed by atoms with Gasteiger partial charge < -0.3 is 10.0 Å². The number of aromatic nitrogens is 2. The zero-order chi connectivity index (χ0) is 14.0. The van der Waals surface area contributed by atoms with E-state index in [0.29, 0.717) is 0 Å². The van der Waals surface area contributed by atoms with E-state index >= 15 is 0 Å². The maximum Gasteiger partial charge on any atom is 0.274 e. The Morgan fingerprint density at radius 3 is 2.79 bits per heavy atom. The number of aliphatic hydroxyl groups excluding tert-OH is 1. The van der Waals surface area contributed by atoms with Gasteiger partial charge in [-0.25, -0.2) is 18.1 Å². The Bertz CT molecular complexity index is 562. The topological polar surface area (TPSA) is 112 Å². The third kappa shape index (κ3) is 3.46. The van der Waals surface area contributed by atoms with Crippen LogP contribution < -0.4 is 4.72 Å². The molecule has 0 radical (unpaired) electrons. The lowest BCUT2D eigenvalue weighted by atomic mass is 10.2. The first-order chi connectivity index (χ1) is 8.87. The zero-order valence-corrected chi connectivity index (χ0v) is 11.0. The van der Waals surface area contributed by atoms with Crippen LogP contribution in [-0.4, -0.2) is 65.8 Å². The predicted molar refractivity (Wildman–Crippen MR) is 65.7 cm³/mol. The normalized spacial score (nSPS) is 23.6. The third-order valence-electron chi connectivity index (χ3n) is 2.72. The van der Waals surface area contributed by atoms with Crippen LogP contribution in [0.1, 0.15) is 10.5 Å². The molecule has 0 aromatic carbocycles. The Balaban J connectivity index is 2.07. The van der Waals surface area contributed by atoms with Gasteiger partial charge in [0.15, 0.2) is 0 Å². The van der Waals surface area contributed by atoms with Crippen molar-refractivity contribution in [2.75, 3.05) is 19.3 Å². The fourth-order valence-electron chi connectivity index (χ4n) is 1.91. The summed E-state index contributed by atoms with van der Waals surface area (Å²) < 4.78 is 24.6. The van der Waals surface area contributed by atoms with Gasteiger partial charge >= 0.3 is 0 Å². The summed E-state index contributed by atoms with van der Waals surface area (Å²) in [5.74, 6) is -0.384. The van der Waals surface area contributed by atoms with Crippen molar-refractivity contribution < 1.29 is 18.3 Å². The number of sulfonamides is 1. The second-order valence-electron chi connectivity index (χ2n) is 4.36. The molecule has 2 N–H and O–H groups in total. The van der Waals surface area contributed by atoms with E-state index in [4.69, 9.17) is 0 Å². The Morgan fingerprint density at radius 2 is 2.21 bits per heavy atom. The second kappa shape index (κ2) is 5.19. The number of hydrogen-bond acceptors (Lipinski definition) is 6. The molecule has 9 heteroatoms. The van der Waals surface area contributed by atoms with E-state index in [1.54, 1.807) is 0 Å². The van der Waals surface area contributed by atoms with Crippen molar-refractivity contribution >= 4 is 15.9 Å². The molecule has 2 atom stereocenters. The number of carbonyl (C=O) groups excluding carboxylic acids is 1. The third-order valence-corrected chi connectivity index (χ3v) is 3.45. The molecular formula is C10H14N4O4S. The van der Waals surface area contributed by atoms with E-state index in [1.165, 1.54) is 23.5 Å². The Hall–Kier alpha value is -1.58. The van der Waals surface area contributed by atoms with Gasteiger partial charge in [0.1, 0.15) is 5.69 Å². The summed E-state index contributed by atoms with van der Waals surface area (Å²) in [5, 5.41) is 9.76. The monoisotopic (exact) mass is 286 g/mol. The minimum atomic E-state index is -3.43. The van der Waals surface area contributed by atoms with Crippen LogP contribution >= 0.6 is 0 Å². The molecule has 1 amide bonds. The Labute approximate surface area is 110 Å². The highest BCUT2D eigenvalue weighted by Crippen LogP contribution is 2.13. The number of amides is 1. The lowest BCUT2D eigenvalue weighted by Gasteiger charge is -2.15. The van der Waals surface area contributed by atoms with Gasteiger partial charge in [-0.15, -0.1) is 0 Å². The number of hydrogen-bond donors (Lipinski definition) is 2. The van der Waals surface area contributed by atoms with Gasteiger partial charge in [-0.2, -0.15) is 0 Å². The van der Waals surface area contributed by atoms with Crippen molar-refractivity contribution in [2.24, 2.45) is 0 Å². The zero-order valence-electron chi connectivity index (χ0n) is 10.2. The van der Waals surface area contributed by atoms with Crippen LogP contribution in [-0.2, 0) is 10.0 Å². The second-order valence-corrected chi connectivity index (χ2v) is 6.14. The molecule has 1 aromatic rings. The SMILES string of the molecule is CS(=O)(=O)N[C@@H]1CN(C(=O)c2cnccn2)C[C@H]1O. The van der Waals surface area contributed by atoms with Gasteiger partial charge in [-0.05, 0) is 0 Å². The molecule has 1 aliphatic rings. The summed E-state index contributed by atoms with van der Waals surface area (Å²) in [4.78, 5) is 21.0.